The van der Waals surface area contributed by atoms with Crippen LogP contribution < -0.4 is 14.4 Å². The lowest BCUT2D eigenvalue weighted by Gasteiger charge is -2.36. The molecule has 0 saturated carbocycles. The molecule has 11 heteroatoms. The van der Waals surface area contributed by atoms with E-state index in [2.05, 4.69) is 4.90 Å². The summed E-state index contributed by atoms with van der Waals surface area (Å²) in [6, 6.07) is 20.4. The molecular formula is C30H27Cl2N3O5S. The van der Waals surface area contributed by atoms with Crippen molar-refractivity contribution in [1.29, 1.82) is 0 Å². The standard InChI is InChI=1S/C30H27Cl2N3O5S/c1-39-25-9-5-6-20(28(25)40-19-21-10-11-22(31)17-24(21)32)16-26-29(37)35(30(38)41-26)18-27(36)34-14-12-33(13-15-34)23-7-3-2-4-8-23/h2-11,16-17H,12-15,18-19H2,1H3/b26-16+. The van der Waals surface area contributed by atoms with Crippen LogP contribution in [0.25, 0.3) is 6.08 Å². The number of thioether (sulfide) groups is 1. The predicted molar refractivity (Wildman–Crippen MR) is 162 cm³/mol. The summed E-state index contributed by atoms with van der Waals surface area (Å²) in [7, 11) is 1.51. The summed E-state index contributed by atoms with van der Waals surface area (Å²) >= 11 is 13.1. The third-order valence-electron chi connectivity index (χ3n) is 6.82. The van der Waals surface area contributed by atoms with E-state index in [0.29, 0.717) is 53.3 Å². The highest BCUT2D eigenvalue weighted by Gasteiger charge is 2.37. The SMILES string of the molecule is COc1cccc(/C=C2/SC(=O)N(CC(=O)N3CCN(c4ccccc4)CC3)C2=O)c1OCc1ccc(Cl)cc1Cl. The van der Waals surface area contributed by atoms with Crippen LogP contribution in [0.3, 0.4) is 0 Å². The number of piperazine rings is 1. The number of imide groups is 1. The fourth-order valence-electron chi connectivity index (χ4n) is 4.62. The first-order valence-electron chi connectivity index (χ1n) is 12.9. The van der Waals surface area contributed by atoms with E-state index < -0.39 is 11.1 Å². The molecule has 0 aromatic heterocycles. The normalized spacial score (nSPS) is 16.5. The second kappa shape index (κ2) is 12.9. The number of amides is 3. The van der Waals surface area contributed by atoms with E-state index in [-0.39, 0.29) is 24.0 Å². The average molecular weight is 613 g/mol. The van der Waals surface area contributed by atoms with Crippen LogP contribution in [-0.4, -0.2) is 66.7 Å². The Morgan fingerprint density at radius 2 is 1.73 bits per heavy atom. The van der Waals surface area contributed by atoms with Crippen molar-refractivity contribution < 1.29 is 23.9 Å². The van der Waals surface area contributed by atoms with Crippen molar-refractivity contribution >= 4 is 63.8 Å². The van der Waals surface area contributed by atoms with Gasteiger partial charge in [0.05, 0.1) is 12.0 Å². The van der Waals surface area contributed by atoms with Crippen molar-refractivity contribution in [2.24, 2.45) is 0 Å². The summed E-state index contributed by atoms with van der Waals surface area (Å²) in [4.78, 5) is 44.2. The van der Waals surface area contributed by atoms with Crippen molar-refractivity contribution in [2.45, 2.75) is 6.61 Å². The summed E-state index contributed by atoms with van der Waals surface area (Å²) in [5, 5.41) is 0.484. The number of hydrogen-bond donors (Lipinski definition) is 0. The van der Waals surface area contributed by atoms with Crippen LogP contribution in [0.5, 0.6) is 11.5 Å². The second-order valence-electron chi connectivity index (χ2n) is 9.37. The van der Waals surface area contributed by atoms with Gasteiger partial charge in [-0.05, 0) is 48.2 Å². The predicted octanol–water partition coefficient (Wildman–Crippen LogP) is 5.97. The Kier molecular flexibility index (Phi) is 9.07. The van der Waals surface area contributed by atoms with Gasteiger partial charge in [-0.1, -0.05) is 59.6 Å². The summed E-state index contributed by atoms with van der Waals surface area (Å²) < 4.78 is 11.6. The van der Waals surface area contributed by atoms with Crippen molar-refractivity contribution in [3.05, 3.63) is 92.8 Å². The van der Waals surface area contributed by atoms with E-state index in [4.69, 9.17) is 32.7 Å². The smallest absolute Gasteiger partial charge is 0.294 e. The molecule has 3 aromatic rings. The third kappa shape index (κ3) is 6.64. The van der Waals surface area contributed by atoms with E-state index in [0.717, 1.165) is 27.9 Å². The molecule has 2 aliphatic heterocycles. The van der Waals surface area contributed by atoms with Gasteiger partial charge in [0.25, 0.3) is 11.1 Å². The largest absolute Gasteiger partial charge is 0.493 e. The zero-order valence-corrected chi connectivity index (χ0v) is 24.5. The highest BCUT2D eigenvalue weighted by molar-refractivity contribution is 8.18. The molecule has 2 saturated heterocycles. The van der Waals surface area contributed by atoms with Gasteiger partial charge in [0.15, 0.2) is 11.5 Å². The lowest BCUT2D eigenvalue weighted by atomic mass is 10.1. The van der Waals surface area contributed by atoms with Crippen LogP contribution in [0.1, 0.15) is 11.1 Å². The van der Waals surface area contributed by atoms with Gasteiger partial charge in [-0.25, -0.2) is 0 Å². The number of hydrogen-bond acceptors (Lipinski definition) is 7. The van der Waals surface area contributed by atoms with E-state index in [1.807, 2.05) is 30.3 Å². The van der Waals surface area contributed by atoms with Crippen molar-refractivity contribution in [3.8, 4) is 11.5 Å². The molecule has 0 radical (unpaired) electrons. The molecule has 3 aromatic carbocycles. The Labute approximate surface area is 252 Å². The molecule has 0 aliphatic carbocycles. The van der Waals surface area contributed by atoms with Crippen LogP contribution in [-0.2, 0) is 16.2 Å². The maximum atomic E-state index is 13.2. The van der Waals surface area contributed by atoms with Crippen molar-refractivity contribution in [1.82, 2.24) is 9.80 Å². The van der Waals surface area contributed by atoms with Gasteiger partial charge in [0, 0.05) is 53.0 Å². The highest BCUT2D eigenvalue weighted by Crippen LogP contribution is 2.38. The minimum Gasteiger partial charge on any atom is -0.493 e. The van der Waals surface area contributed by atoms with E-state index in [1.54, 1.807) is 47.4 Å². The Balaban J connectivity index is 1.26. The van der Waals surface area contributed by atoms with Gasteiger partial charge in [0.1, 0.15) is 13.2 Å². The number of para-hydroxylation sites is 2. The topological polar surface area (TPSA) is 79.4 Å². The molecule has 3 amide bonds. The van der Waals surface area contributed by atoms with Gasteiger partial charge in [-0.3, -0.25) is 19.3 Å². The summed E-state index contributed by atoms with van der Waals surface area (Å²) in [5.74, 6) is 0.0605. The van der Waals surface area contributed by atoms with Crippen LogP contribution in [0.4, 0.5) is 10.5 Å². The lowest BCUT2D eigenvalue weighted by Crippen LogP contribution is -2.51. The van der Waals surface area contributed by atoms with E-state index >= 15 is 0 Å². The number of halogens is 2. The first-order valence-corrected chi connectivity index (χ1v) is 14.5. The molecule has 2 aliphatic rings. The minimum atomic E-state index is -0.522. The van der Waals surface area contributed by atoms with Gasteiger partial charge in [-0.2, -0.15) is 0 Å². The second-order valence-corrected chi connectivity index (χ2v) is 11.2. The quantitative estimate of drug-likeness (QED) is 0.290. The van der Waals surface area contributed by atoms with Crippen LogP contribution in [0.15, 0.2) is 71.6 Å². The van der Waals surface area contributed by atoms with Crippen LogP contribution in [0, 0.1) is 0 Å². The highest BCUT2D eigenvalue weighted by atomic mass is 35.5. The Hall–Kier alpha value is -3.66. The van der Waals surface area contributed by atoms with Crippen LogP contribution >= 0.6 is 35.0 Å². The fraction of sp³-hybridized carbons (Fsp3) is 0.233. The fourth-order valence-corrected chi connectivity index (χ4v) is 5.91. The number of nitrogens with zero attached hydrogens (tertiary/aromatic N) is 3. The van der Waals surface area contributed by atoms with Crippen molar-refractivity contribution in [2.75, 3.05) is 44.7 Å². The Morgan fingerprint density at radius 3 is 2.44 bits per heavy atom. The number of ether oxygens (including phenoxy) is 2. The number of methoxy groups -OCH3 is 1. The maximum Gasteiger partial charge on any atom is 0.294 e. The summed E-state index contributed by atoms with van der Waals surface area (Å²) in [5.41, 5.74) is 2.37. The molecule has 41 heavy (non-hydrogen) atoms. The van der Waals surface area contributed by atoms with E-state index in [1.165, 1.54) is 7.11 Å². The minimum absolute atomic E-state index is 0.130. The molecule has 212 valence electrons. The molecular weight excluding hydrogens is 585 g/mol. The van der Waals surface area contributed by atoms with Gasteiger partial charge in [0.2, 0.25) is 5.91 Å². The molecule has 0 spiro atoms. The van der Waals surface area contributed by atoms with E-state index in [9.17, 15) is 14.4 Å². The molecule has 0 bridgehead atoms. The number of carbonyl (C=O) groups is 3. The first-order chi connectivity index (χ1) is 19.8. The van der Waals surface area contributed by atoms with Crippen molar-refractivity contribution in [3.63, 3.8) is 0 Å². The van der Waals surface area contributed by atoms with Gasteiger partial charge < -0.3 is 19.3 Å². The average Bonchev–Trinajstić information content (AvgIpc) is 3.24. The summed E-state index contributed by atoms with van der Waals surface area (Å²) in [6.45, 7) is 2.22. The first kappa shape index (κ1) is 28.9. The number of rotatable bonds is 8. The number of benzene rings is 3. The number of anilines is 1. The zero-order valence-electron chi connectivity index (χ0n) is 22.2. The van der Waals surface area contributed by atoms with Gasteiger partial charge >= 0.3 is 0 Å². The third-order valence-corrected chi connectivity index (χ3v) is 8.32. The van der Waals surface area contributed by atoms with Crippen LogP contribution in [0.2, 0.25) is 10.0 Å². The molecule has 2 heterocycles. The molecule has 0 unspecified atom stereocenters. The Bertz CT molecular complexity index is 1490. The molecule has 8 nitrogen and oxygen atoms in total. The number of carbonyl (C=O) groups excluding carboxylic acids is 3. The monoisotopic (exact) mass is 611 g/mol. The Morgan fingerprint density at radius 1 is 0.976 bits per heavy atom. The molecule has 2 fully saturated rings. The zero-order chi connectivity index (χ0) is 28.9. The lowest BCUT2D eigenvalue weighted by molar-refractivity contribution is -0.136. The molecule has 0 N–H and O–H groups in total. The summed E-state index contributed by atoms with van der Waals surface area (Å²) in [6.07, 6.45) is 1.58. The molecule has 5 rings (SSSR count). The van der Waals surface area contributed by atoms with Gasteiger partial charge in [-0.15, -0.1) is 0 Å². The maximum absolute atomic E-state index is 13.2. The molecule has 0 atom stereocenters.